The van der Waals surface area contributed by atoms with Crippen molar-refractivity contribution in [2.24, 2.45) is 5.92 Å². The third-order valence-electron chi connectivity index (χ3n) is 4.37. The summed E-state index contributed by atoms with van der Waals surface area (Å²) in [5.41, 5.74) is 1.68. The summed E-state index contributed by atoms with van der Waals surface area (Å²) in [5, 5.41) is 8.22. The Morgan fingerprint density at radius 1 is 1.07 bits per heavy atom. The molecule has 0 aliphatic carbocycles. The summed E-state index contributed by atoms with van der Waals surface area (Å²) >= 11 is 1.50. The van der Waals surface area contributed by atoms with Crippen LogP contribution in [0, 0.1) is 11.7 Å². The number of aromatic nitrogens is 1. The summed E-state index contributed by atoms with van der Waals surface area (Å²) in [5.74, 6) is -1.74. The topological polar surface area (TPSA) is 71.1 Å². The normalized spacial score (nSPS) is 11.9. The van der Waals surface area contributed by atoms with Crippen molar-refractivity contribution in [3.63, 3.8) is 0 Å². The lowest BCUT2D eigenvalue weighted by Gasteiger charge is -2.21. The first-order valence-electron chi connectivity index (χ1n) is 9.28. The van der Waals surface area contributed by atoms with Gasteiger partial charge in [-0.05, 0) is 18.1 Å². The van der Waals surface area contributed by atoms with E-state index in [-0.39, 0.29) is 23.9 Å². The molecule has 2 amide bonds. The molecule has 0 radical (unpaired) electrons. The van der Waals surface area contributed by atoms with Gasteiger partial charge in [0.15, 0.2) is 0 Å². The highest BCUT2D eigenvalue weighted by Gasteiger charge is 2.25. The molecular weight excluding hydrogens is 389 g/mol. The minimum absolute atomic E-state index is 0.0852. The van der Waals surface area contributed by atoms with Gasteiger partial charge >= 0.3 is 0 Å². The molecule has 29 heavy (non-hydrogen) atoms. The van der Waals surface area contributed by atoms with E-state index in [0.29, 0.717) is 0 Å². The van der Waals surface area contributed by atoms with Gasteiger partial charge in [-0.1, -0.05) is 56.3 Å². The van der Waals surface area contributed by atoms with Gasteiger partial charge in [-0.25, -0.2) is 9.37 Å². The molecule has 3 rings (SSSR count). The Hall–Kier alpha value is -3.06. The lowest BCUT2D eigenvalue weighted by molar-refractivity contribution is -0.124. The molecule has 2 N–H and O–H groups in total. The summed E-state index contributed by atoms with van der Waals surface area (Å²) < 4.78 is 13.8. The monoisotopic (exact) mass is 411 g/mol. The van der Waals surface area contributed by atoms with Crippen LogP contribution in [0.2, 0.25) is 0 Å². The number of nitrogens with one attached hydrogen (secondary N) is 2. The predicted octanol–water partition coefficient (Wildman–Crippen LogP) is 4.02. The Bertz CT molecular complexity index is 988. The van der Waals surface area contributed by atoms with Gasteiger partial charge in [-0.3, -0.25) is 9.59 Å². The van der Waals surface area contributed by atoms with Gasteiger partial charge in [0, 0.05) is 10.9 Å². The van der Waals surface area contributed by atoms with Crippen LogP contribution in [0.15, 0.2) is 60.0 Å². The molecule has 0 unspecified atom stereocenters. The first kappa shape index (κ1) is 20.7. The predicted molar refractivity (Wildman–Crippen MR) is 112 cm³/mol. The van der Waals surface area contributed by atoms with Gasteiger partial charge in [0.05, 0.1) is 17.8 Å². The zero-order valence-electron chi connectivity index (χ0n) is 16.2. The maximum atomic E-state index is 13.8. The number of benzene rings is 2. The van der Waals surface area contributed by atoms with Crippen LogP contribution in [-0.2, 0) is 11.3 Å². The average Bonchev–Trinajstić information content (AvgIpc) is 3.20. The van der Waals surface area contributed by atoms with Gasteiger partial charge < -0.3 is 10.6 Å². The van der Waals surface area contributed by atoms with E-state index in [1.807, 2.05) is 49.6 Å². The Morgan fingerprint density at radius 2 is 1.76 bits per heavy atom. The first-order chi connectivity index (χ1) is 14.0. The number of thiazole rings is 1. The number of nitrogens with zero attached hydrogens (tertiary/aromatic N) is 1. The number of halogens is 1. The molecule has 0 saturated carbocycles. The van der Waals surface area contributed by atoms with Gasteiger partial charge in [0.1, 0.15) is 16.9 Å². The molecule has 1 heterocycles. The van der Waals surface area contributed by atoms with Crippen LogP contribution in [-0.4, -0.2) is 22.8 Å². The highest BCUT2D eigenvalue weighted by molar-refractivity contribution is 7.13. The summed E-state index contributed by atoms with van der Waals surface area (Å²) in [4.78, 5) is 29.6. The smallest absolute Gasteiger partial charge is 0.254 e. The second-order valence-electron chi connectivity index (χ2n) is 6.90. The Labute approximate surface area is 173 Å². The van der Waals surface area contributed by atoms with E-state index in [2.05, 4.69) is 15.6 Å². The zero-order valence-corrected chi connectivity index (χ0v) is 17.0. The minimum atomic E-state index is -0.783. The van der Waals surface area contributed by atoms with Gasteiger partial charge in [0.2, 0.25) is 5.91 Å². The maximum Gasteiger partial charge on any atom is 0.254 e. The van der Waals surface area contributed by atoms with E-state index < -0.39 is 17.8 Å². The molecule has 0 aliphatic rings. The molecule has 0 aliphatic heterocycles. The molecule has 0 spiro atoms. The number of hydrogen-bond acceptors (Lipinski definition) is 4. The molecular formula is C22H22FN3O2S. The number of amides is 2. The van der Waals surface area contributed by atoms with E-state index in [4.69, 9.17) is 0 Å². The third kappa shape index (κ3) is 5.26. The number of carbonyl (C=O) groups is 2. The molecule has 3 aromatic rings. The number of carbonyl (C=O) groups excluding carboxylic acids is 2. The second-order valence-corrected chi connectivity index (χ2v) is 7.76. The Kier molecular flexibility index (Phi) is 6.72. The largest absolute Gasteiger partial charge is 0.349 e. The van der Waals surface area contributed by atoms with Crippen LogP contribution in [0.25, 0.3) is 10.6 Å². The fourth-order valence-electron chi connectivity index (χ4n) is 2.79. The van der Waals surface area contributed by atoms with Crippen molar-refractivity contribution in [2.75, 3.05) is 0 Å². The quantitative estimate of drug-likeness (QED) is 0.617. The molecule has 0 saturated heterocycles. The summed E-state index contributed by atoms with van der Waals surface area (Å²) in [6.07, 6.45) is 0. The highest BCUT2D eigenvalue weighted by Crippen LogP contribution is 2.23. The summed E-state index contributed by atoms with van der Waals surface area (Å²) in [6.45, 7) is 3.89. The van der Waals surface area contributed by atoms with Crippen molar-refractivity contribution in [1.82, 2.24) is 15.6 Å². The molecule has 2 aromatic carbocycles. The first-order valence-corrected chi connectivity index (χ1v) is 10.2. The van der Waals surface area contributed by atoms with Crippen LogP contribution >= 0.6 is 11.3 Å². The van der Waals surface area contributed by atoms with Crippen LogP contribution in [0.3, 0.4) is 0 Å². The molecule has 1 aromatic heterocycles. The van der Waals surface area contributed by atoms with Crippen LogP contribution in [0.4, 0.5) is 4.39 Å². The average molecular weight is 412 g/mol. The lowest BCUT2D eigenvalue weighted by Crippen LogP contribution is -2.49. The van der Waals surface area contributed by atoms with Crippen LogP contribution in [0.5, 0.6) is 0 Å². The Morgan fingerprint density at radius 3 is 2.45 bits per heavy atom. The maximum absolute atomic E-state index is 13.8. The molecule has 7 heteroatoms. The fraction of sp³-hybridized carbons (Fsp3) is 0.227. The van der Waals surface area contributed by atoms with Crippen molar-refractivity contribution in [3.8, 4) is 10.6 Å². The van der Waals surface area contributed by atoms with Gasteiger partial charge in [-0.2, -0.15) is 0 Å². The van der Waals surface area contributed by atoms with E-state index in [1.54, 1.807) is 6.07 Å². The lowest BCUT2D eigenvalue weighted by atomic mass is 10.0. The third-order valence-corrected chi connectivity index (χ3v) is 5.31. The summed E-state index contributed by atoms with van der Waals surface area (Å²) in [6, 6.07) is 14.7. The number of rotatable bonds is 7. The van der Waals surface area contributed by atoms with E-state index in [9.17, 15) is 14.0 Å². The molecule has 1 atom stereocenters. The van der Waals surface area contributed by atoms with Crippen molar-refractivity contribution < 1.29 is 14.0 Å². The highest BCUT2D eigenvalue weighted by atomic mass is 32.1. The van der Waals surface area contributed by atoms with Crippen molar-refractivity contribution >= 4 is 23.2 Å². The van der Waals surface area contributed by atoms with Crippen molar-refractivity contribution in [1.29, 1.82) is 0 Å². The van der Waals surface area contributed by atoms with Gasteiger partial charge in [0.25, 0.3) is 5.91 Å². The molecule has 150 valence electrons. The van der Waals surface area contributed by atoms with Crippen LogP contribution in [0.1, 0.15) is 29.9 Å². The van der Waals surface area contributed by atoms with E-state index in [0.717, 1.165) is 16.3 Å². The van der Waals surface area contributed by atoms with Gasteiger partial charge in [-0.15, -0.1) is 11.3 Å². The van der Waals surface area contributed by atoms with Crippen molar-refractivity contribution in [2.45, 2.75) is 26.4 Å². The Balaban J connectivity index is 1.62. The van der Waals surface area contributed by atoms with E-state index >= 15 is 0 Å². The van der Waals surface area contributed by atoms with Crippen LogP contribution < -0.4 is 10.6 Å². The molecule has 0 bridgehead atoms. The standard InChI is InChI=1S/C22H22FN3O2S/c1-14(2)19(26-20(27)17-10-6-7-11-18(17)23)21(28)24-12-16-13-29-22(25-16)15-8-4-3-5-9-15/h3-11,13-14,19H,12H2,1-2H3,(H,24,28)(H,26,27)/t19-/m1/s1. The molecule has 0 fully saturated rings. The minimum Gasteiger partial charge on any atom is -0.349 e. The van der Waals surface area contributed by atoms with Crippen molar-refractivity contribution in [3.05, 3.63) is 77.1 Å². The van der Waals surface area contributed by atoms with E-state index in [1.165, 1.54) is 29.5 Å². The SMILES string of the molecule is CC(C)[C@@H](NC(=O)c1ccccc1F)C(=O)NCc1csc(-c2ccccc2)n1. The summed E-state index contributed by atoms with van der Waals surface area (Å²) in [7, 11) is 0. The second kappa shape index (κ2) is 9.43. The molecule has 5 nitrogen and oxygen atoms in total. The fourth-order valence-corrected chi connectivity index (χ4v) is 3.61. The zero-order chi connectivity index (χ0) is 20.8. The number of hydrogen-bond donors (Lipinski definition) is 2.